The predicted molar refractivity (Wildman–Crippen MR) is 91.1 cm³/mol. The van der Waals surface area contributed by atoms with Gasteiger partial charge in [0.2, 0.25) is 5.91 Å². The van der Waals surface area contributed by atoms with E-state index in [1.165, 1.54) is 19.4 Å². The Balaban J connectivity index is 1.65. The Labute approximate surface area is 139 Å². The summed E-state index contributed by atoms with van der Waals surface area (Å²) in [4.78, 5) is 21.7. The molecule has 3 rings (SSSR count). The molecule has 23 heavy (non-hydrogen) atoms. The van der Waals surface area contributed by atoms with Gasteiger partial charge in [0.25, 0.3) is 0 Å². The van der Waals surface area contributed by atoms with Gasteiger partial charge in [-0.1, -0.05) is 13.8 Å². The fourth-order valence-electron chi connectivity index (χ4n) is 3.60. The van der Waals surface area contributed by atoms with Gasteiger partial charge in [0.05, 0.1) is 0 Å². The summed E-state index contributed by atoms with van der Waals surface area (Å²) in [5.74, 6) is 2.62. The molecule has 0 N–H and O–H groups in total. The Morgan fingerprint density at radius 2 is 2.13 bits per heavy atom. The zero-order valence-electron chi connectivity index (χ0n) is 14.7. The molecule has 1 aliphatic carbocycles. The normalized spacial score (nSPS) is 23.3. The van der Waals surface area contributed by atoms with E-state index in [9.17, 15) is 4.79 Å². The van der Waals surface area contributed by atoms with Crippen LogP contribution in [-0.4, -0.2) is 57.5 Å². The van der Waals surface area contributed by atoms with E-state index in [1.54, 1.807) is 6.20 Å². The van der Waals surface area contributed by atoms with Crippen molar-refractivity contribution < 1.29 is 4.79 Å². The Bertz CT molecular complexity index is 535. The highest BCUT2D eigenvalue weighted by Crippen LogP contribution is 2.31. The van der Waals surface area contributed by atoms with Gasteiger partial charge in [-0.25, -0.2) is 4.98 Å². The molecule has 128 valence electrons. The maximum atomic E-state index is 12.7. The fourth-order valence-corrected chi connectivity index (χ4v) is 3.60. The van der Waals surface area contributed by atoms with Crippen molar-refractivity contribution in [3.8, 4) is 0 Å². The van der Waals surface area contributed by atoms with Gasteiger partial charge < -0.3 is 9.47 Å². The lowest BCUT2D eigenvalue weighted by Crippen LogP contribution is -2.47. The second kappa shape index (κ2) is 7.04. The molecule has 1 amide bonds. The van der Waals surface area contributed by atoms with Crippen molar-refractivity contribution in [3.63, 3.8) is 0 Å². The molecule has 2 aliphatic rings. The smallest absolute Gasteiger partial charge is 0.242 e. The summed E-state index contributed by atoms with van der Waals surface area (Å²) in [6, 6.07) is 0.492. The van der Waals surface area contributed by atoms with E-state index < -0.39 is 0 Å². The predicted octanol–water partition coefficient (Wildman–Crippen LogP) is 2.16. The average molecular weight is 318 g/mol. The average Bonchev–Trinajstić information content (AvgIpc) is 3.27. The quantitative estimate of drug-likeness (QED) is 0.835. The van der Waals surface area contributed by atoms with E-state index in [0.717, 1.165) is 37.8 Å². The van der Waals surface area contributed by atoms with Crippen LogP contribution < -0.4 is 0 Å². The molecule has 1 saturated heterocycles. The third-order valence-corrected chi connectivity index (χ3v) is 5.29. The maximum Gasteiger partial charge on any atom is 0.242 e. The number of aryl methyl sites for hydroxylation is 1. The number of amides is 1. The van der Waals surface area contributed by atoms with E-state index in [1.807, 2.05) is 17.7 Å². The number of imidazole rings is 1. The van der Waals surface area contributed by atoms with E-state index in [2.05, 4.69) is 28.6 Å². The van der Waals surface area contributed by atoms with Crippen molar-refractivity contribution in [2.24, 2.45) is 11.8 Å². The van der Waals surface area contributed by atoms with Gasteiger partial charge in [-0.15, -0.1) is 0 Å². The molecular weight excluding hydrogens is 288 g/mol. The molecule has 0 radical (unpaired) electrons. The van der Waals surface area contributed by atoms with E-state index in [4.69, 9.17) is 0 Å². The fraction of sp³-hybridized carbons (Fsp3) is 0.778. The SMILES string of the molecule is Cc1nccn1CC(=O)N1CCCN(CC2CC2)[C@@H](C(C)C)C1. The third kappa shape index (κ3) is 4.14. The highest BCUT2D eigenvalue weighted by molar-refractivity contribution is 5.76. The summed E-state index contributed by atoms with van der Waals surface area (Å²) < 4.78 is 1.94. The van der Waals surface area contributed by atoms with Gasteiger partial charge in [-0.3, -0.25) is 9.69 Å². The molecule has 5 nitrogen and oxygen atoms in total. The summed E-state index contributed by atoms with van der Waals surface area (Å²) in [6.07, 6.45) is 7.53. The first-order valence-electron chi connectivity index (χ1n) is 9.04. The standard InChI is InChI=1S/C18H30N4O/c1-14(2)17-12-22(9-4-8-21(17)11-16-5-6-16)18(23)13-20-10-7-19-15(20)3/h7,10,14,16-17H,4-6,8-9,11-13H2,1-3H3/t17-/m1/s1. The Hall–Kier alpha value is -1.36. The summed E-state index contributed by atoms with van der Waals surface area (Å²) in [6.45, 7) is 11.1. The van der Waals surface area contributed by atoms with Crippen molar-refractivity contribution in [1.29, 1.82) is 0 Å². The molecule has 0 unspecified atom stereocenters. The molecule has 0 spiro atoms. The van der Waals surface area contributed by atoms with Crippen LogP contribution in [0.4, 0.5) is 0 Å². The van der Waals surface area contributed by atoms with Gasteiger partial charge in [0, 0.05) is 44.6 Å². The first-order valence-corrected chi connectivity index (χ1v) is 9.04. The molecule has 0 bridgehead atoms. The molecule has 1 aliphatic heterocycles. The number of carbonyl (C=O) groups is 1. The second-order valence-electron chi connectivity index (χ2n) is 7.55. The van der Waals surface area contributed by atoms with Crippen molar-refractivity contribution in [2.75, 3.05) is 26.2 Å². The summed E-state index contributed by atoms with van der Waals surface area (Å²) in [5.41, 5.74) is 0. The molecule has 5 heteroatoms. The Morgan fingerprint density at radius 3 is 2.74 bits per heavy atom. The molecular formula is C18H30N4O. The number of hydrogen-bond acceptors (Lipinski definition) is 3. The van der Waals surface area contributed by atoms with Crippen molar-refractivity contribution in [1.82, 2.24) is 19.4 Å². The number of carbonyl (C=O) groups excluding carboxylic acids is 1. The highest BCUT2D eigenvalue weighted by Gasteiger charge is 2.33. The first-order chi connectivity index (χ1) is 11.0. The van der Waals surface area contributed by atoms with Crippen molar-refractivity contribution in [2.45, 2.75) is 52.6 Å². The zero-order valence-corrected chi connectivity index (χ0v) is 14.7. The number of rotatable bonds is 5. The van der Waals surface area contributed by atoms with Gasteiger partial charge in [0.15, 0.2) is 0 Å². The minimum absolute atomic E-state index is 0.227. The van der Waals surface area contributed by atoms with Crippen LogP contribution in [0.3, 0.4) is 0 Å². The molecule has 2 heterocycles. The monoisotopic (exact) mass is 318 g/mol. The van der Waals surface area contributed by atoms with E-state index in [-0.39, 0.29) is 5.91 Å². The minimum Gasteiger partial charge on any atom is -0.340 e. The van der Waals surface area contributed by atoms with Gasteiger partial charge >= 0.3 is 0 Å². The Morgan fingerprint density at radius 1 is 1.35 bits per heavy atom. The summed E-state index contributed by atoms with van der Waals surface area (Å²) in [5, 5.41) is 0. The minimum atomic E-state index is 0.227. The van der Waals surface area contributed by atoms with Gasteiger partial charge in [-0.05, 0) is 38.0 Å². The van der Waals surface area contributed by atoms with Crippen LogP contribution >= 0.6 is 0 Å². The lowest BCUT2D eigenvalue weighted by molar-refractivity contribution is -0.132. The molecule has 1 saturated carbocycles. The summed E-state index contributed by atoms with van der Waals surface area (Å²) >= 11 is 0. The lowest BCUT2D eigenvalue weighted by atomic mass is 10.0. The largest absolute Gasteiger partial charge is 0.340 e. The van der Waals surface area contributed by atoms with Crippen LogP contribution in [0.15, 0.2) is 12.4 Å². The molecule has 1 atom stereocenters. The third-order valence-electron chi connectivity index (χ3n) is 5.29. The Kier molecular flexibility index (Phi) is 5.05. The van der Waals surface area contributed by atoms with Crippen LogP contribution in [0, 0.1) is 18.8 Å². The van der Waals surface area contributed by atoms with Gasteiger partial charge in [-0.2, -0.15) is 0 Å². The van der Waals surface area contributed by atoms with Crippen LogP contribution in [0.5, 0.6) is 0 Å². The van der Waals surface area contributed by atoms with Gasteiger partial charge in [0.1, 0.15) is 12.4 Å². The van der Waals surface area contributed by atoms with Crippen molar-refractivity contribution >= 4 is 5.91 Å². The topological polar surface area (TPSA) is 41.4 Å². The molecule has 0 aromatic carbocycles. The maximum absolute atomic E-state index is 12.7. The summed E-state index contributed by atoms with van der Waals surface area (Å²) in [7, 11) is 0. The highest BCUT2D eigenvalue weighted by atomic mass is 16.2. The number of aromatic nitrogens is 2. The van der Waals surface area contributed by atoms with Crippen molar-refractivity contribution in [3.05, 3.63) is 18.2 Å². The lowest BCUT2D eigenvalue weighted by Gasteiger charge is -2.34. The van der Waals surface area contributed by atoms with Crippen LogP contribution in [0.2, 0.25) is 0 Å². The van der Waals surface area contributed by atoms with E-state index in [0.29, 0.717) is 18.5 Å². The molecule has 2 fully saturated rings. The van der Waals surface area contributed by atoms with Crippen LogP contribution in [-0.2, 0) is 11.3 Å². The molecule has 1 aromatic heterocycles. The molecule has 1 aromatic rings. The van der Waals surface area contributed by atoms with Crippen LogP contribution in [0.25, 0.3) is 0 Å². The zero-order chi connectivity index (χ0) is 16.4. The van der Waals surface area contributed by atoms with Crippen LogP contribution in [0.1, 0.15) is 38.9 Å². The number of nitrogens with zero attached hydrogens (tertiary/aromatic N) is 4. The second-order valence-corrected chi connectivity index (χ2v) is 7.55. The van der Waals surface area contributed by atoms with E-state index >= 15 is 0 Å². The first kappa shape index (κ1) is 16.5. The number of hydrogen-bond donors (Lipinski definition) is 0.